The van der Waals surface area contributed by atoms with Crippen molar-refractivity contribution in [1.82, 2.24) is 4.98 Å². The maximum atomic E-state index is 12.3. The van der Waals surface area contributed by atoms with Crippen LogP contribution < -0.4 is 10.2 Å². The molecule has 2 heterocycles. The van der Waals surface area contributed by atoms with Gasteiger partial charge in [-0.3, -0.25) is 4.79 Å². The molecule has 0 spiro atoms. The Labute approximate surface area is 141 Å². The average molecular weight is 323 g/mol. The van der Waals surface area contributed by atoms with Crippen molar-refractivity contribution < 1.29 is 9.21 Å². The second-order valence-corrected chi connectivity index (χ2v) is 6.17. The number of hydrogen-bond acceptors (Lipinski definition) is 4. The highest BCUT2D eigenvalue weighted by atomic mass is 16.3. The fourth-order valence-corrected chi connectivity index (χ4v) is 2.63. The van der Waals surface area contributed by atoms with Gasteiger partial charge in [-0.25, -0.2) is 4.98 Å². The van der Waals surface area contributed by atoms with Crippen molar-refractivity contribution in [2.24, 2.45) is 0 Å². The molecule has 0 fully saturated rings. The highest BCUT2D eigenvalue weighted by Crippen LogP contribution is 2.27. The summed E-state index contributed by atoms with van der Waals surface area (Å²) in [5.74, 6) is 0.759. The number of fused-ring (bicyclic) bond motifs is 1. The molecule has 0 saturated heterocycles. The van der Waals surface area contributed by atoms with Crippen molar-refractivity contribution in [3.63, 3.8) is 0 Å². The number of hydrogen-bond donors (Lipinski definition) is 1. The van der Waals surface area contributed by atoms with E-state index in [2.05, 4.69) is 16.4 Å². The Morgan fingerprint density at radius 3 is 2.67 bits per heavy atom. The van der Waals surface area contributed by atoms with Gasteiger partial charge in [-0.1, -0.05) is 12.1 Å². The van der Waals surface area contributed by atoms with Gasteiger partial charge in [-0.15, -0.1) is 0 Å². The van der Waals surface area contributed by atoms with Crippen molar-refractivity contribution in [3.8, 4) is 0 Å². The molecule has 5 heteroatoms. The van der Waals surface area contributed by atoms with Gasteiger partial charge in [-0.05, 0) is 37.1 Å². The van der Waals surface area contributed by atoms with E-state index < -0.39 is 0 Å². The van der Waals surface area contributed by atoms with E-state index in [9.17, 15) is 4.79 Å². The molecule has 0 aliphatic heterocycles. The predicted octanol–water partition coefficient (Wildman–Crippen LogP) is 3.69. The lowest BCUT2D eigenvalue weighted by molar-refractivity contribution is -0.115. The summed E-state index contributed by atoms with van der Waals surface area (Å²) in [6.45, 7) is 4.08. The van der Waals surface area contributed by atoms with Crippen LogP contribution in [0.4, 0.5) is 11.5 Å². The zero-order valence-electron chi connectivity index (χ0n) is 14.4. The maximum Gasteiger partial charge on any atom is 0.228 e. The number of carbonyl (C=O) groups excluding carboxylic acids is 1. The van der Waals surface area contributed by atoms with Crippen LogP contribution in [0.1, 0.15) is 16.7 Å². The number of benzene rings is 1. The third kappa shape index (κ3) is 3.11. The largest absolute Gasteiger partial charge is 0.464 e. The zero-order valence-corrected chi connectivity index (χ0v) is 14.4. The fraction of sp³-hybridized carbons (Fsp3) is 0.263. The van der Waals surface area contributed by atoms with Gasteiger partial charge in [0.2, 0.25) is 5.91 Å². The average Bonchev–Trinajstić information content (AvgIpc) is 2.95. The Balaban J connectivity index is 1.74. The van der Waals surface area contributed by atoms with Crippen LogP contribution in [-0.4, -0.2) is 25.0 Å². The number of amides is 1. The van der Waals surface area contributed by atoms with Gasteiger partial charge < -0.3 is 14.6 Å². The molecule has 1 N–H and O–H groups in total. The Bertz CT molecular complexity index is 880. The van der Waals surface area contributed by atoms with Crippen LogP contribution in [-0.2, 0) is 11.2 Å². The Kier molecular flexibility index (Phi) is 4.25. The molecule has 0 aliphatic carbocycles. The van der Waals surface area contributed by atoms with Crippen LogP contribution in [0.5, 0.6) is 0 Å². The first-order valence-electron chi connectivity index (χ1n) is 7.85. The summed E-state index contributed by atoms with van der Waals surface area (Å²) in [5.41, 5.74) is 4.73. The van der Waals surface area contributed by atoms with Crippen LogP contribution in [0.2, 0.25) is 0 Å². The molecule has 0 atom stereocenters. The van der Waals surface area contributed by atoms with Crippen molar-refractivity contribution >= 4 is 28.4 Å². The molecule has 0 aliphatic rings. The third-order valence-electron chi connectivity index (χ3n) is 4.18. The monoisotopic (exact) mass is 323 g/mol. The minimum atomic E-state index is -0.0877. The minimum Gasteiger partial charge on any atom is -0.464 e. The topological polar surface area (TPSA) is 58.4 Å². The molecule has 1 aromatic carbocycles. The summed E-state index contributed by atoms with van der Waals surface area (Å²) in [6.07, 6.45) is 3.60. The van der Waals surface area contributed by atoms with Crippen LogP contribution in [0.25, 0.3) is 11.0 Å². The van der Waals surface area contributed by atoms with E-state index in [1.54, 1.807) is 12.5 Å². The number of furan rings is 1. The van der Waals surface area contributed by atoms with Crippen LogP contribution in [0.3, 0.4) is 0 Å². The van der Waals surface area contributed by atoms with Crippen LogP contribution in [0, 0.1) is 13.8 Å². The highest BCUT2D eigenvalue weighted by Gasteiger charge is 2.13. The Hall–Kier alpha value is -2.82. The molecule has 1 amide bonds. The molecule has 0 unspecified atom stereocenters. The first kappa shape index (κ1) is 16.1. The third-order valence-corrected chi connectivity index (χ3v) is 4.18. The number of aromatic nitrogens is 1. The molecule has 0 bridgehead atoms. The second kappa shape index (κ2) is 6.35. The van der Waals surface area contributed by atoms with E-state index in [1.807, 2.05) is 51.0 Å². The molecule has 5 nitrogen and oxygen atoms in total. The van der Waals surface area contributed by atoms with Crippen LogP contribution in [0.15, 0.2) is 41.1 Å². The molecule has 2 aromatic heterocycles. The number of rotatable bonds is 4. The van der Waals surface area contributed by atoms with E-state index >= 15 is 0 Å². The van der Waals surface area contributed by atoms with Crippen molar-refractivity contribution in [2.45, 2.75) is 20.3 Å². The molecule has 3 rings (SSSR count). The predicted molar refractivity (Wildman–Crippen MR) is 96.6 cm³/mol. The summed E-state index contributed by atoms with van der Waals surface area (Å²) in [6, 6.07) is 7.78. The van der Waals surface area contributed by atoms with E-state index in [-0.39, 0.29) is 12.3 Å². The van der Waals surface area contributed by atoms with Crippen molar-refractivity contribution in [2.75, 3.05) is 24.3 Å². The Morgan fingerprint density at radius 1 is 1.21 bits per heavy atom. The number of aryl methyl sites for hydroxylation is 2. The molecular formula is C19H21N3O2. The first-order valence-corrected chi connectivity index (χ1v) is 7.85. The Morgan fingerprint density at radius 2 is 2.00 bits per heavy atom. The summed E-state index contributed by atoms with van der Waals surface area (Å²) < 4.78 is 5.66. The summed E-state index contributed by atoms with van der Waals surface area (Å²) in [5, 5.41) is 3.87. The molecule has 3 aromatic rings. The standard InChI is InChI=1S/C19H21N3O2/c1-12-5-7-16-14(11-24-19(16)13(12)2)9-18(23)21-15-6-8-17(20-10-15)22(3)4/h5-8,10-11H,9H2,1-4H3,(H,21,23). The molecule has 124 valence electrons. The van der Waals surface area contributed by atoms with Crippen LogP contribution >= 0.6 is 0 Å². The highest BCUT2D eigenvalue weighted by molar-refractivity contribution is 5.95. The molecule has 24 heavy (non-hydrogen) atoms. The maximum absolute atomic E-state index is 12.3. The van der Waals surface area contributed by atoms with Gasteiger partial charge in [0.1, 0.15) is 11.4 Å². The summed E-state index contributed by atoms with van der Waals surface area (Å²) in [7, 11) is 3.85. The number of anilines is 2. The lowest BCUT2D eigenvalue weighted by atomic mass is 10.0. The van der Waals surface area contributed by atoms with E-state index in [4.69, 9.17) is 4.42 Å². The first-order chi connectivity index (χ1) is 11.5. The van der Waals surface area contributed by atoms with Gasteiger partial charge in [0.25, 0.3) is 0 Å². The second-order valence-electron chi connectivity index (χ2n) is 6.17. The van der Waals surface area contributed by atoms with Crippen molar-refractivity contribution in [3.05, 3.63) is 53.4 Å². The summed E-state index contributed by atoms with van der Waals surface area (Å²) in [4.78, 5) is 18.5. The number of carbonyl (C=O) groups is 1. The quantitative estimate of drug-likeness (QED) is 0.795. The number of nitrogens with zero attached hydrogens (tertiary/aromatic N) is 2. The lowest BCUT2D eigenvalue weighted by Crippen LogP contribution is -2.15. The van der Waals surface area contributed by atoms with Gasteiger partial charge in [0, 0.05) is 25.0 Å². The molecule has 0 saturated carbocycles. The number of pyridine rings is 1. The minimum absolute atomic E-state index is 0.0877. The van der Waals surface area contributed by atoms with Gasteiger partial charge in [0.05, 0.1) is 24.6 Å². The SMILES string of the molecule is Cc1ccc2c(CC(=O)Nc3ccc(N(C)C)nc3)coc2c1C. The van der Waals surface area contributed by atoms with E-state index in [0.717, 1.165) is 27.9 Å². The normalized spacial score (nSPS) is 10.8. The fourth-order valence-electron chi connectivity index (χ4n) is 2.63. The van der Waals surface area contributed by atoms with Gasteiger partial charge in [-0.2, -0.15) is 0 Å². The number of nitrogens with one attached hydrogen (secondary N) is 1. The zero-order chi connectivity index (χ0) is 17.3. The smallest absolute Gasteiger partial charge is 0.228 e. The molecular weight excluding hydrogens is 302 g/mol. The van der Waals surface area contributed by atoms with E-state index in [0.29, 0.717) is 5.69 Å². The molecule has 0 radical (unpaired) electrons. The summed E-state index contributed by atoms with van der Waals surface area (Å²) >= 11 is 0. The van der Waals surface area contributed by atoms with Gasteiger partial charge in [0.15, 0.2) is 0 Å². The van der Waals surface area contributed by atoms with Crippen molar-refractivity contribution in [1.29, 1.82) is 0 Å². The lowest BCUT2D eigenvalue weighted by Gasteiger charge is -2.11. The van der Waals surface area contributed by atoms with E-state index in [1.165, 1.54) is 5.56 Å². The van der Waals surface area contributed by atoms with Gasteiger partial charge >= 0.3 is 0 Å².